The molecule has 0 rings (SSSR count). The van der Waals surface area contributed by atoms with Gasteiger partial charge in [0.05, 0.1) is 0 Å². The minimum absolute atomic E-state index is 4.11. The van der Waals surface area contributed by atoms with Crippen molar-refractivity contribution in [2.45, 2.75) is 26.9 Å². The van der Waals surface area contributed by atoms with Gasteiger partial charge in [0.1, 0.15) is 0 Å². The number of rotatable bonds is 2. The molecule has 0 aromatic rings. The van der Waals surface area contributed by atoms with Crippen molar-refractivity contribution >= 4 is 46.4 Å². The molecule has 2 atom stereocenters. The highest BCUT2D eigenvalue weighted by atomic mass is 35.5. The summed E-state index contributed by atoms with van der Waals surface area (Å²) in [6.07, 6.45) is -12.4. The van der Waals surface area contributed by atoms with Crippen molar-refractivity contribution in [1.29, 1.82) is 0 Å². The molecule has 0 fully saturated rings. The Labute approximate surface area is 109 Å². The normalized spacial score (nSPS) is 21.9. The van der Waals surface area contributed by atoms with Crippen LogP contribution in [0.3, 0.4) is 0 Å². The standard InChI is InChI=1S/C5Cl4F8/c6-1(7,2(8,10)4(12,13)14)3(9,11)5(15,16)17. The van der Waals surface area contributed by atoms with Crippen molar-refractivity contribution < 1.29 is 35.1 Å². The summed E-state index contributed by atoms with van der Waals surface area (Å²) < 4.78 is 92.9. The van der Waals surface area contributed by atoms with Gasteiger partial charge in [0.15, 0.2) is 0 Å². The zero-order valence-corrected chi connectivity index (χ0v) is 10.1. The Balaban J connectivity index is 5.73. The van der Waals surface area contributed by atoms with Gasteiger partial charge in [0.25, 0.3) is 0 Å². The van der Waals surface area contributed by atoms with E-state index in [4.69, 9.17) is 0 Å². The highest BCUT2D eigenvalue weighted by molar-refractivity contribution is 6.57. The molecule has 0 aliphatic heterocycles. The first kappa shape index (κ1) is 17.6. The molecule has 0 spiro atoms. The number of hydrogen-bond acceptors (Lipinski definition) is 0. The molecule has 0 radical (unpaired) electrons. The van der Waals surface area contributed by atoms with Crippen LogP contribution in [0.1, 0.15) is 0 Å². The van der Waals surface area contributed by atoms with Gasteiger partial charge >= 0.3 is 22.6 Å². The molecule has 17 heavy (non-hydrogen) atoms. The van der Waals surface area contributed by atoms with E-state index >= 15 is 0 Å². The Hall–Kier alpha value is 0.600. The van der Waals surface area contributed by atoms with Crippen LogP contribution in [0, 0.1) is 0 Å². The summed E-state index contributed by atoms with van der Waals surface area (Å²) in [5.74, 6) is 0. The van der Waals surface area contributed by atoms with Crippen LogP contribution in [0.2, 0.25) is 0 Å². The van der Waals surface area contributed by atoms with E-state index in [0.717, 1.165) is 0 Å². The lowest BCUT2D eigenvalue weighted by atomic mass is 10.1. The van der Waals surface area contributed by atoms with Gasteiger partial charge in [-0.2, -0.15) is 26.3 Å². The predicted molar refractivity (Wildman–Crippen MR) is 45.9 cm³/mol. The van der Waals surface area contributed by atoms with Gasteiger partial charge in [-0.3, -0.25) is 0 Å². The molecule has 0 saturated heterocycles. The fraction of sp³-hybridized carbons (Fsp3) is 1.00. The third-order valence-corrected chi connectivity index (χ3v) is 3.92. The van der Waals surface area contributed by atoms with E-state index in [1.54, 1.807) is 0 Å². The maximum Gasteiger partial charge on any atom is 0.440 e. The van der Waals surface area contributed by atoms with Crippen LogP contribution in [-0.4, -0.2) is 26.9 Å². The smallest absolute Gasteiger partial charge is 0.212 e. The third kappa shape index (κ3) is 2.64. The fourth-order valence-corrected chi connectivity index (χ4v) is 1.29. The minimum atomic E-state index is -6.18. The lowest BCUT2D eigenvalue weighted by molar-refractivity contribution is -0.243. The van der Waals surface area contributed by atoms with E-state index in [1.165, 1.54) is 0 Å². The maximum atomic E-state index is 13.0. The molecule has 2 unspecified atom stereocenters. The lowest BCUT2D eigenvalue weighted by Gasteiger charge is -2.39. The van der Waals surface area contributed by atoms with Gasteiger partial charge in [0.2, 0.25) is 4.33 Å². The van der Waals surface area contributed by atoms with Gasteiger partial charge in [0, 0.05) is 0 Å². The molecule has 0 amide bonds. The van der Waals surface area contributed by atoms with E-state index in [-0.39, 0.29) is 0 Å². The molecule has 12 heteroatoms. The summed E-state index contributed by atoms with van der Waals surface area (Å²) >= 11 is 17.0. The van der Waals surface area contributed by atoms with Crippen LogP contribution >= 0.6 is 46.4 Å². The Kier molecular flexibility index (Phi) is 4.47. The Morgan fingerprint density at radius 3 is 0.765 bits per heavy atom. The average Bonchev–Trinajstić information content (AvgIpc) is 1.98. The zero-order valence-electron chi connectivity index (χ0n) is 7.04. The predicted octanol–water partition coefficient (Wildman–Crippen LogP) is 5.09. The molecule has 0 bridgehead atoms. The number of hydrogen-bond donors (Lipinski definition) is 0. The first-order valence-electron chi connectivity index (χ1n) is 3.27. The third-order valence-electron chi connectivity index (χ3n) is 1.50. The monoisotopic (exact) mass is 352 g/mol. The number of alkyl halides is 12. The minimum Gasteiger partial charge on any atom is -0.212 e. The van der Waals surface area contributed by atoms with E-state index in [0.29, 0.717) is 0 Å². The molecule has 0 N–H and O–H groups in total. The molecule has 0 aliphatic carbocycles. The molecular formula is C5Cl4F8. The van der Waals surface area contributed by atoms with Gasteiger partial charge in [-0.05, 0) is 0 Å². The van der Waals surface area contributed by atoms with Crippen LogP contribution in [0.15, 0.2) is 0 Å². The Bertz CT molecular complexity index is 261. The van der Waals surface area contributed by atoms with Crippen molar-refractivity contribution in [1.82, 2.24) is 0 Å². The second-order valence-corrected chi connectivity index (χ2v) is 5.09. The first-order chi connectivity index (χ1) is 7.00. The van der Waals surface area contributed by atoms with Crippen LogP contribution in [-0.2, 0) is 0 Å². The van der Waals surface area contributed by atoms with Gasteiger partial charge < -0.3 is 0 Å². The van der Waals surface area contributed by atoms with Crippen molar-refractivity contribution in [3.8, 4) is 0 Å². The SMILES string of the molecule is FC(F)(F)C(F)(Cl)C(Cl)(Cl)C(F)(Cl)C(F)(F)F. The van der Waals surface area contributed by atoms with Crippen molar-refractivity contribution in [3.63, 3.8) is 0 Å². The van der Waals surface area contributed by atoms with E-state index in [9.17, 15) is 35.1 Å². The van der Waals surface area contributed by atoms with Crippen molar-refractivity contribution in [2.24, 2.45) is 0 Å². The molecular weight excluding hydrogens is 354 g/mol. The lowest BCUT2D eigenvalue weighted by Crippen LogP contribution is -2.63. The van der Waals surface area contributed by atoms with E-state index in [1.807, 2.05) is 0 Å². The molecule has 0 saturated carbocycles. The molecule has 0 aliphatic rings. The van der Waals surface area contributed by atoms with Crippen LogP contribution < -0.4 is 0 Å². The van der Waals surface area contributed by atoms with Crippen molar-refractivity contribution in [2.75, 3.05) is 0 Å². The van der Waals surface area contributed by atoms with Gasteiger partial charge in [-0.25, -0.2) is 8.78 Å². The molecule has 0 nitrogen and oxygen atoms in total. The Morgan fingerprint density at radius 1 is 0.471 bits per heavy atom. The average molecular weight is 354 g/mol. The quantitative estimate of drug-likeness (QED) is 0.479. The molecule has 0 aromatic carbocycles. The second-order valence-electron chi connectivity index (χ2n) is 2.72. The van der Waals surface area contributed by atoms with Crippen LogP contribution in [0.5, 0.6) is 0 Å². The summed E-state index contributed by atoms with van der Waals surface area (Å²) in [5, 5.41) is -10.9. The molecule has 0 aromatic heterocycles. The van der Waals surface area contributed by atoms with Crippen molar-refractivity contribution in [3.05, 3.63) is 0 Å². The molecule has 0 heterocycles. The summed E-state index contributed by atoms with van der Waals surface area (Å²) in [4.78, 5) is 0. The fourth-order valence-electron chi connectivity index (χ4n) is 0.553. The van der Waals surface area contributed by atoms with Crippen LogP contribution in [0.25, 0.3) is 0 Å². The largest absolute Gasteiger partial charge is 0.440 e. The highest BCUT2D eigenvalue weighted by Gasteiger charge is 2.81. The summed E-state index contributed by atoms with van der Waals surface area (Å²) in [5.41, 5.74) is 0. The van der Waals surface area contributed by atoms with Gasteiger partial charge in [-0.15, -0.1) is 0 Å². The topological polar surface area (TPSA) is 0 Å². The van der Waals surface area contributed by atoms with E-state index < -0.39 is 26.9 Å². The maximum absolute atomic E-state index is 13.0. The first-order valence-corrected chi connectivity index (χ1v) is 4.78. The van der Waals surface area contributed by atoms with E-state index in [2.05, 4.69) is 46.4 Å². The van der Waals surface area contributed by atoms with Crippen LogP contribution in [0.4, 0.5) is 35.1 Å². The number of halogens is 12. The zero-order chi connectivity index (χ0) is 14.5. The summed E-state index contributed by atoms with van der Waals surface area (Å²) in [6.45, 7) is 0. The summed E-state index contributed by atoms with van der Waals surface area (Å²) in [6, 6.07) is 0. The highest BCUT2D eigenvalue weighted by Crippen LogP contribution is 2.61. The Morgan fingerprint density at radius 2 is 0.647 bits per heavy atom. The second kappa shape index (κ2) is 4.31. The molecule has 104 valence electrons. The summed E-state index contributed by atoms with van der Waals surface area (Å²) in [7, 11) is 0. The van der Waals surface area contributed by atoms with Gasteiger partial charge in [-0.1, -0.05) is 46.4 Å².